The van der Waals surface area contributed by atoms with E-state index >= 15 is 0 Å². The molecule has 1 aliphatic rings. The Labute approximate surface area is 217 Å². The van der Waals surface area contributed by atoms with Gasteiger partial charge in [0.05, 0.1) is 22.6 Å². The number of aromatic nitrogens is 3. The molecule has 0 saturated carbocycles. The van der Waals surface area contributed by atoms with E-state index in [2.05, 4.69) is 27.0 Å². The number of pyridine rings is 1. The van der Waals surface area contributed by atoms with E-state index in [0.717, 1.165) is 41.7 Å². The maximum atomic E-state index is 14.3. The minimum Gasteiger partial charge on any atom is -0.331 e. The number of hydrogen-bond donors (Lipinski definition) is 1. The van der Waals surface area contributed by atoms with E-state index in [4.69, 9.17) is 4.98 Å². The Morgan fingerprint density at radius 2 is 1.89 bits per heavy atom. The molecule has 190 valence electrons. The van der Waals surface area contributed by atoms with Gasteiger partial charge in [0.15, 0.2) is 0 Å². The van der Waals surface area contributed by atoms with E-state index in [1.54, 1.807) is 6.20 Å². The van der Waals surface area contributed by atoms with E-state index in [1.165, 1.54) is 0 Å². The van der Waals surface area contributed by atoms with Gasteiger partial charge in [-0.2, -0.15) is 0 Å². The Morgan fingerprint density at radius 1 is 1.08 bits per heavy atom. The number of benzene rings is 2. The predicted molar refractivity (Wildman–Crippen MR) is 145 cm³/mol. The van der Waals surface area contributed by atoms with Crippen molar-refractivity contribution >= 4 is 28.5 Å². The summed E-state index contributed by atoms with van der Waals surface area (Å²) in [7, 11) is 0. The first-order valence-electron chi connectivity index (χ1n) is 13.0. The maximum Gasteiger partial charge on any atom is 0.256 e. The number of nitrogens with zero attached hydrogens (tertiary/aromatic N) is 4. The first kappa shape index (κ1) is 24.7. The lowest BCUT2D eigenvalue weighted by Gasteiger charge is -2.36. The van der Waals surface area contributed by atoms with Crippen molar-refractivity contribution < 1.29 is 9.59 Å². The molecule has 0 aliphatic carbocycles. The second kappa shape index (κ2) is 10.5. The summed E-state index contributed by atoms with van der Waals surface area (Å²) in [4.78, 5) is 38.0. The van der Waals surface area contributed by atoms with Crippen LogP contribution in [0.2, 0.25) is 0 Å². The smallest absolute Gasteiger partial charge is 0.256 e. The third-order valence-corrected chi connectivity index (χ3v) is 7.07. The number of hydrogen-bond acceptors (Lipinski definition) is 4. The fourth-order valence-electron chi connectivity index (χ4n) is 5.11. The van der Waals surface area contributed by atoms with E-state index in [1.807, 2.05) is 74.3 Å². The van der Waals surface area contributed by atoms with Crippen LogP contribution < -0.4 is 5.32 Å². The number of carbonyl (C=O) groups is 2. The highest BCUT2D eigenvalue weighted by atomic mass is 16.2. The summed E-state index contributed by atoms with van der Waals surface area (Å²) < 4.78 is 2.11. The summed E-state index contributed by atoms with van der Waals surface area (Å²) in [6.07, 6.45) is 6.53. The Bertz CT molecular complexity index is 1410. The van der Waals surface area contributed by atoms with Gasteiger partial charge in [0.2, 0.25) is 5.91 Å². The summed E-state index contributed by atoms with van der Waals surface area (Å²) in [6.45, 7) is 6.94. The summed E-state index contributed by atoms with van der Waals surface area (Å²) in [5, 5.41) is 2.98. The SMILES string of the molecule is Cc1nc2cc(NC(=O)C(C)C)cc(C(=O)N3CCCCC3c3cccnc3)c2n1Cc1ccccc1. The molecular formula is C30H33N5O2. The minimum atomic E-state index is -0.177. The van der Waals surface area contributed by atoms with Crippen LogP contribution in [0.4, 0.5) is 5.69 Å². The number of anilines is 1. The second-order valence-corrected chi connectivity index (χ2v) is 10.1. The largest absolute Gasteiger partial charge is 0.331 e. The zero-order valence-electron chi connectivity index (χ0n) is 21.6. The average Bonchev–Trinajstić information content (AvgIpc) is 3.23. The fraction of sp³-hybridized carbons (Fsp3) is 0.333. The molecule has 1 unspecified atom stereocenters. The zero-order chi connectivity index (χ0) is 25.9. The normalized spacial score (nSPS) is 15.8. The van der Waals surface area contributed by atoms with E-state index in [0.29, 0.717) is 29.9 Å². The van der Waals surface area contributed by atoms with Gasteiger partial charge in [-0.3, -0.25) is 14.6 Å². The van der Waals surface area contributed by atoms with Gasteiger partial charge in [0, 0.05) is 37.1 Å². The first-order chi connectivity index (χ1) is 17.9. The summed E-state index contributed by atoms with van der Waals surface area (Å²) in [5.41, 5.74) is 4.83. The molecule has 1 aliphatic heterocycles. The molecule has 4 aromatic rings. The Kier molecular flexibility index (Phi) is 7.04. The number of nitrogens with one attached hydrogen (secondary N) is 1. The van der Waals surface area contributed by atoms with Crippen molar-refractivity contribution in [3.63, 3.8) is 0 Å². The van der Waals surface area contributed by atoms with E-state index < -0.39 is 0 Å². The molecule has 3 heterocycles. The van der Waals surface area contributed by atoms with Gasteiger partial charge < -0.3 is 14.8 Å². The molecular weight excluding hydrogens is 462 g/mol. The Hall–Kier alpha value is -4.00. The quantitative estimate of drug-likeness (QED) is 0.369. The van der Waals surface area contributed by atoms with Crippen molar-refractivity contribution in [1.29, 1.82) is 0 Å². The maximum absolute atomic E-state index is 14.3. The van der Waals surface area contributed by atoms with Gasteiger partial charge in [0.25, 0.3) is 5.91 Å². The van der Waals surface area contributed by atoms with Crippen LogP contribution in [0, 0.1) is 12.8 Å². The van der Waals surface area contributed by atoms with Crippen LogP contribution in [-0.4, -0.2) is 37.8 Å². The minimum absolute atomic E-state index is 0.0366. The lowest BCUT2D eigenvalue weighted by molar-refractivity contribution is -0.118. The highest BCUT2D eigenvalue weighted by molar-refractivity contribution is 6.08. The topological polar surface area (TPSA) is 80.1 Å². The van der Waals surface area contributed by atoms with Crippen molar-refractivity contribution in [2.75, 3.05) is 11.9 Å². The molecule has 2 aromatic carbocycles. The lowest BCUT2D eigenvalue weighted by Crippen LogP contribution is -2.38. The molecule has 1 fully saturated rings. The zero-order valence-corrected chi connectivity index (χ0v) is 21.6. The van der Waals surface area contributed by atoms with Crippen LogP contribution in [0.15, 0.2) is 67.0 Å². The van der Waals surface area contributed by atoms with Crippen LogP contribution in [0.1, 0.15) is 66.5 Å². The number of rotatable bonds is 6. The van der Waals surface area contributed by atoms with Gasteiger partial charge in [0.1, 0.15) is 5.82 Å². The molecule has 2 amide bonds. The molecule has 1 N–H and O–H groups in total. The summed E-state index contributed by atoms with van der Waals surface area (Å²) in [5.74, 6) is 0.504. The van der Waals surface area contributed by atoms with Gasteiger partial charge in [-0.05, 0) is 55.5 Å². The number of imidazole rings is 1. The number of likely N-dealkylation sites (tertiary alicyclic amines) is 1. The van der Waals surface area contributed by atoms with Crippen LogP contribution >= 0.6 is 0 Å². The number of piperidine rings is 1. The van der Waals surface area contributed by atoms with Crippen molar-refractivity contribution in [3.05, 3.63) is 89.5 Å². The highest BCUT2D eigenvalue weighted by Gasteiger charge is 2.31. The van der Waals surface area contributed by atoms with Gasteiger partial charge in [-0.15, -0.1) is 0 Å². The lowest BCUT2D eigenvalue weighted by atomic mass is 9.95. The molecule has 5 rings (SSSR count). The summed E-state index contributed by atoms with van der Waals surface area (Å²) >= 11 is 0. The third kappa shape index (κ3) is 5.12. The second-order valence-electron chi connectivity index (χ2n) is 10.1. The van der Waals surface area contributed by atoms with Gasteiger partial charge in [-0.1, -0.05) is 50.2 Å². The van der Waals surface area contributed by atoms with E-state index in [9.17, 15) is 9.59 Å². The molecule has 1 atom stereocenters. The molecule has 0 bridgehead atoms. The fourth-order valence-corrected chi connectivity index (χ4v) is 5.11. The predicted octanol–water partition coefficient (Wildman–Crippen LogP) is 5.75. The van der Waals surface area contributed by atoms with Crippen LogP contribution in [0.25, 0.3) is 11.0 Å². The van der Waals surface area contributed by atoms with Crippen molar-refractivity contribution in [1.82, 2.24) is 19.4 Å². The van der Waals surface area contributed by atoms with Gasteiger partial charge in [-0.25, -0.2) is 4.98 Å². The van der Waals surface area contributed by atoms with Crippen LogP contribution in [0.3, 0.4) is 0 Å². The molecule has 37 heavy (non-hydrogen) atoms. The molecule has 0 spiro atoms. The van der Waals surface area contributed by atoms with Crippen LogP contribution in [-0.2, 0) is 11.3 Å². The monoisotopic (exact) mass is 495 g/mol. The molecule has 2 aromatic heterocycles. The summed E-state index contributed by atoms with van der Waals surface area (Å²) in [6, 6.07) is 17.8. The average molecular weight is 496 g/mol. The third-order valence-electron chi connectivity index (χ3n) is 7.07. The number of fused-ring (bicyclic) bond motifs is 1. The number of aryl methyl sites for hydroxylation is 1. The standard InChI is InChI=1S/C30H33N5O2/c1-20(2)29(36)33-24-16-25(30(37)34-15-8-7-13-27(34)23-12-9-14-31-18-23)28-26(17-24)32-21(3)35(28)19-22-10-5-4-6-11-22/h4-6,9-12,14,16-18,20,27H,7-8,13,15,19H2,1-3H3,(H,33,36). The highest BCUT2D eigenvalue weighted by Crippen LogP contribution is 2.34. The van der Waals surface area contributed by atoms with Crippen molar-refractivity contribution in [2.45, 2.75) is 52.6 Å². The van der Waals surface area contributed by atoms with E-state index in [-0.39, 0.29) is 23.8 Å². The molecule has 7 nitrogen and oxygen atoms in total. The van der Waals surface area contributed by atoms with Gasteiger partial charge >= 0.3 is 0 Å². The van der Waals surface area contributed by atoms with Crippen molar-refractivity contribution in [3.8, 4) is 0 Å². The number of amides is 2. The van der Waals surface area contributed by atoms with Crippen LogP contribution in [0.5, 0.6) is 0 Å². The Balaban J connectivity index is 1.63. The first-order valence-corrected chi connectivity index (χ1v) is 13.0. The molecule has 7 heteroatoms. The molecule has 1 saturated heterocycles. The molecule has 0 radical (unpaired) electrons. The number of carbonyl (C=O) groups excluding carboxylic acids is 2. The Morgan fingerprint density at radius 3 is 2.62 bits per heavy atom. The van der Waals surface area contributed by atoms with Crippen molar-refractivity contribution in [2.24, 2.45) is 5.92 Å².